The van der Waals surface area contributed by atoms with Gasteiger partial charge in [0, 0.05) is 10.4 Å². The van der Waals surface area contributed by atoms with Crippen molar-refractivity contribution >= 4 is 22.6 Å². The summed E-state index contributed by atoms with van der Waals surface area (Å²) in [6.45, 7) is 4.15. The normalized spacial score (nSPS) is 13.2. The van der Waals surface area contributed by atoms with Gasteiger partial charge in [0.25, 0.3) is 0 Å². The summed E-state index contributed by atoms with van der Waals surface area (Å²) >= 11 is 6.02. The second-order valence-electron chi connectivity index (χ2n) is 4.04. The lowest BCUT2D eigenvalue weighted by molar-refractivity contribution is 0.443. The maximum absolute atomic E-state index is 6.02. The standard InChI is InChI=1S/C13H16ClNO/c1-4-11(15-3)12-7-9-6-10(14)5-8(2)13(9)16-12/h5-7,11,15H,4H2,1-3H3. The van der Waals surface area contributed by atoms with Gasteiger partial charge in [-0.2, -0.15) is 0 Å². The molecule has 0 saturated carbocycles. The number of halogens is 1. The summed E-state index contributed by atoms with van der Waals surface area (Å²) in [7, 11) is 1.95. The number of aryl methyl sites for hydroxylation is 1. The van der Waals surface area contributed by atoms with Crippen molar-refractivity contribution in [2.24, 2.45) is 0 Å². The lowest BCUT2D eigenvalue weighted by Gasteiger charge is -2.09. The van der Waals surface area contributed by atoms with E-state index in [1.54, 1.807) is 0 Å². The molecule has 86 valence electrons. The minimum Gasteiger partial charge on any atom is -0.459 e. The van der Waals surface area contributed by atoms with Crippen LogP contribution in [-0.4, -0.2) is 7.05 Å². The van der Waals surface area contributed by atoms with Gasteiger partial charge < -0.3 is 9.73 Å². The summed E-state index contributed by atoms with van der Waals surface area (Å²) in [6, 6.07) is 6.21. The van der Waals surface area contributed by atoms with Gasteiger partial charge in [0.1, 0.15) is 11.3 Å². The predicted molar refractivity (Wildman–Crippen MR) is 68.1 cm³/mol. The zero-order chi connectivity index (χ0) is 11.7. The van der Waals surface area contributed by atoms with Crippen LogP contribution in [0.1, 0.15) is 30.7 Å². The van der Waals surface area contributed by atoms with Gasteiger partial charge in [-0.15, -0.1) is 0 Å². The van der Waals surface area contributed by atoms with Gasteiger partial charge in [0.15, 0.2) is 0 Å². The molecule has 0 aliphatic heterocycles. The Morgan fingerprint density at radius 3 is 2.75 bits per heavy atom. The number of fused-ring (bicyclic) bond motifs is 1. The van der Waals surface area contributed by atoms with Gasteiger partial charge in [-0.05, 0) is 44.2 Å². The highest BCUT2D eigenvalue weighted by molar-refractivity contribution is 6.31. The molecule has 0 spiro atoms. The van der Waals surface area contributed by atoms with Crippen molar-refractivity contribution < 1.29 is 4.42 Å². The molecule has 1 N–H and O–H groups in total. The van der Waals surface area contributed by atoms with Gasteiger partial charge in [-0.25, -0.2) is 0 Å². The van der Waals surface area contributed by atoms with Crippen LogP contribution in [0.15, 0.2) is 22.6 Å². The molecule has 0 radical (unpaired) electrons. The molecule has 1 atom stereocenters. The highest BCUT2D eigenvalue weighted by Gasteiger charge is 2.13. The summed E-state index contributed by atoms with van der Waals surface area (Å²) in [6.07, 6.45) is 1.00. The van der Waals surface area contributed by atoms with Crippen LogP contribution in [0.25, 0.3) is 11.0 Å². The average molecular weight is 238 g/mol. The summed E-state index contributed by atoms with van der Waals surface area (Å²) in [5.74, 6) is 0.977. The minimum atomic E-state index is 0.269. The molecular weight excluding hydrogens is 222 g/mol. The Balaban J connectivity index is 2.55. The molecule has 1 aromatic carbocycles. The molecule has 0 aliphatic rings. The molecule has 16 heavy (non-hydrogen) atoms. The van der Waals surface area contributed by atoms with E-state index in [0.29, 0.717) is 0 Å². The quantitative estimate of drug-likeness (QED) is 0.871. The molecular formula is C13H16ClNO. The van der Waals surface area contributed by atoms with E-state index in [9.17, 15) is 0 Å². The number of rotatable bonds is 3. The number of furan rings is 1. The second kappa shape index (κ2) is 4.48. The van der Waals surface area contributed by atoms with Crippen LogP contribution in [0.3, 0.4) is 0 Å². The Labute approximate surface area is 101 Å². The molecule has 0 aliphatic carbocycles. The maximum Gasteiger partial charge on any atom is 0.137 e. The van der Waals surface area contributed by atoms with Crippen LogP contribution in [0.2, 0.25) is 5.02 Å². The first-order valence-electron chi connectivity index (χ1n) is 5.52. The molecule has 1 aromatic heterocycles. The van der Waals surface area contributed by atoms with E-state index < -0.39 is 0 Å². The van der Waals surface area contributed by atoms with Crippen molar-refractivity contribution in [2.75, 3.05) is 7.05 Å². The first kappa shape index (κ1) is 11.5. The van der Waals surface area contributed by atoms with Crippen LogP contribution in [0.5, 0.6) is 0 Å². The lowest BCUT2D eigenvalue weighted by Crippen LogP contribution is -2.14. The molecule has 0 saturated heterocycles. The van der Waals surface area contributed by atoms with Crippen molar-refractivity contribution in [1.82, 2.24) is 5.32 Å². The highest BCUT2D eigenvalue weighted by atomic mass is 35.5. The van der Waals surface area contributed by atoms with Crippen molar-refractivity contribution in [3.05, 3.63) is 34.5 Å². The van der Waals surface area contributed by atoms with E-state index in [1.807, 2.05) is 26.1 Å². The van der Waals surface area contributed by atoms with Gasteiger partial charge in [0.2, 0.25) is 0 Å². The lowest BCUT2D eigenvalue weighted by atomic mass is 10.1. The molecule has 0 fully saturated rings. The Morgan fingerprint density at radius 2 is 2.12 bits per heavy atom. The van der Waals surface area contributed by atoms with Gasteiger partial charge in [-0.1, -0.05) is 18.5 Å². The van der Waals surface area contributed by atoms with Crippen LogP contribution in [0, 0.1) is 6.92 Å². The predicted octanol–water partition coefficient (Wildman–Crippen LogP) is 4.07. The highest BCUT2D eigenvalue weighted by Crippen LogP contribution is 2.30. The fourth-order valence-corrected chi connectivity index (χ4v) is 2.30. The number of hydrogen-bond acceptors (Lipinski definition) is 2. The Bertz CT molecular complexity index is 500. The van der Waals surface area contributed by atoms with E-state index in [2.05, 4.69) is 18.3 Å². The first-order valence-corrected chi connectivity index (χ1v) is 5.90. The maximum atomic E-state index is 6.02. The molecule has 1 heterocycles. The monoisotopic (exact) mass is 237 g/mol. The summed E-state index contributed by atoms with van der Waals surface area (Å²) < 4.78 is 5.88. The van der Waals surface area contributed by atoms with Crippen molar-refractivity contribution in [3.63, 3.8) is 0 Å². The van der Waals surface area contributed by atoms with Crippen LogP contribution in [0.4, 0.5) is 0 Å². The SMILES string of the molecule is CCC(NC)c1cc2cc(Cl)cc(C)c2o1. The molecule has 3 heteroatoms. The summed E-state index contributed by atoms with van der Waals surface area (Å²) in [5, 5.41) is 5.07. The van der Waals surface area contributed by atoms with Crippen LogP contribution in [-0.2, 0) is 0 Å². The summed E-state index contributed by atoms with van der Waals surface area (Å²) in [4.78, 5) is 0. The zero-order valence-electron chi connectivity index (χ0n) is 9.80. The number of hydrogen-bond donors (Lipinski definition) is 1. The van der Waals surface area contributed by atoms with Crippen LogP contribution >= 0.6 is 11.6 Å². The molecule has 2 aromatic rings. The van der Waals surface area contributed by atoms with Crippen molar-refractivity contribution in [1.29, 1.82) is 0 Å². The molecule has 2 rings (SSSR count). The third-order valence-electron chi connectivity index (χ3n) is 2.89. The van der Waals surface area contributed by atoms with Crippen LogP contribution < -0.4 is 5.32 Å². The fourth-order valence-electron chi connectivity index (χ4n) is 2.02. The van der Waals surface area contributed by atoms with E-state index in [-0.39, 0.29) is 6.04 Å². The third-order valence-corrected chi connectivity index (χ3v) is 3.10. The van der Waals surface area contributed by atoms with Gasteiger partial charge >= 0.3 is 0 Å². The first-order chi connectivity index (χ1) is 7.65. The van der Waals surface area contributed by atoms with E-state index >= 15 is 0 Å². The van der Waals surface area contributed by atoms with E-state index in [0.717, 1.165) is 33.7 Å². The largest absolute Gasteiger partial charge is 0.459 e. The molecule has 2 nitrogen and oxygen atoms in total. The Hall–Kier alpha value is -0.990. The number of nitrogens with one attached hydrogen (secondary N) is 1. The number of benzene rings is 1. The minimum absolute atomic E-state index is 0.269. The molecule has 1 unspecified atom stereocenters. The van der Waals surface area contributed by atoms with Crippen molar-refractivity contribution in [2.45, 2.75) is 26.3 Å². The smallest absolute Gasteiger partial charge is 0.137 e. The fraction of sp³-hybridized carbons (Fsp3) is 0.385. The van der Waals surface area contributed by atoms with E-state index in [4.69, 9.17) is 16.0 Å². The zero-order valence-corrected chi connectivity index (χ0v) is 10.6. The molecule has 0 amide bonds. The van der Waals surface area contributed by atoms with E-state index in [1.165, 1.54) is 0 Å². The van der Waals surface area contributed by atoms with Gasteiger partial charge in [0.05, 0.1) is 6.04 Å². The second-order valence-corrected chi connectivity index (χ2v) is 4.48. The van der Waals surface area contributed by atoms with Crippen molar-refractivity contribution in [3.8, 4) is 0 Å². The molecule has 0 bridgehead atoms. The Morgan fingerprint density at radius 1 is 1.38 bits per heavy atom. The summed E-state index contributed by atoms with van der Waals surface area (Å²) in [5.41, 5.74) is 2.02. The Kier molecular flexibility index (Phi) is 3.22. The third kappa shape index (κ3) is 1.95. The average Bonchev–Trinajstić information content (AvgIpc) is 2.63. The topological polar surface area (TPSA) is 25.2 Å². The van der Waals surface area contributed by atoms with Gasteiger partial charge in [-0.3, -0.25) is 0 Å².